The van der Waals surface area contributed by atoms with Crippen molar-refractivity contribution in [3.05, 3.63) is 76.8 Å². The van der Waals surface area contributed by atoms with Crippen molar-refractivity contribution in [3.63, 3.8) is 0 Å². The molecule has 0 radical (unpaired) electrons. The summed E-state index contributed by atoms with van der Waals surface area (Å²) in [4.78, 5) is 4.93. The van der Waals surface area contributed by atoms with Gasteiger partial charge in [0.1, 0.15) is 6.61 Å². The van der Waals surface area contributed by atoms with Crippen molar-refractivity contribution in [1.29, 1.82) is 0 Å². The van der Waals surface area contributed by atoms with Crippen molar-refractivity contribution < 1.29 is 9.47 Å². The number of halogens is 1. The molecule has 1 saturated heterocycles. The third-order valence-electron chi connectivity index (χ3n) is 6.35. The number of para-hydroxylation sites is 1. The average Bonchev–Trinajstić information content (AvgIpc) is 2.83. The lowest BCUT2D eigenvalue weighted by molar-refractivity contribution is 0.260. The van der Waals surface area contributed by atoms with Crippen LogP contribution in [0.25, 0.3) is 11.1 Å². The molecule has 2 heterocycles. The highest BCUT2D eigenvalue weighted by molar-refractivity contribution is 6.33. The topological polar surface area (TPSA) is 24.9 Å². The molecule has 0 atom stereocenters. The van der Waals surface area contributed by atoms with E-state index >= 15 is 0 Å². The molecular formula is C26H27ClN2O2. The lowest BCUT2D eigenvalue weighted by atomic mass is 9.91. The highest BCUT2D eigenvalue weighted by Crippen LogP contribution is 2.45. The first-order chi connectivity index (χ1) is 15.2. The summed E-state index contributed by atoms with van der Waals surface area (Å²) in [5.74, 6) is 1.68. The van der Waals surface area contributed by atoms with Crippen LogP contribution in [-0.4, -0.2) is 44.7 Å². The summed E-state index contributed by atoms with van der Waals surface area (Å²) in [5, 5.41) is 0.833. The zero-order valence-electron chi connectivity index (χ0n) is 17.8. The summed E-state index contributed by atoms with van der Waals surface area (Å²) < 4.78 is 11.7. The van der Waals surface area contributed by atoms with Gasteiger partial charge in [-0.15, -0.1) is 0 Å². The number of hydrogen-bond donors (Lipinski definition) is 0. The standard InChI is InChI=1S/C26H27ClN2O2/c1-30-24-11-10-19(25-21-7-3-2-6-20(21)18-31-26(24)25)12-13-28-14-16-29(17-15-28)23-9-5-4-8-22(23)27/h2-11H,12-18H2,1H3. The zero-order chi connectivity index (χ0) is 21.2. The van der Waals surface area contributed by atoms with E-state index in [9.17, 15) is 0 Å². The minimum atomic E-state index is 0.590. The molecule has 0 N–H and O–H groups in total. The van der Waals surface area contributed by atoms with Gasteiger partial charge in [0.15, 0.2) is 11.5 Å². The Morgan fingerprint density at radius 2 is 1.71 bits per heavy atom. The number of piperazine rings is 1. The van der Waals surface area contributed by atoms with E-state index in [2.05, 4.69) is 52.3 Å². The number of hydrogen-bond acceptors (Lipinski definition) is 4. The molecule has 160 valence electrons. The number of nitrogens with zero attached hydrogens (tertiary/aromatic N) is 2. The Morgan fingerprint density at radius 1 is 0.935 bits per heavy atom. The Morgan fingerprint density at radius 3 is 2.52 bits per heavy atom. The number of rotatable bonds is 5. The van der Waals surface area contributed by atoms with Crippen LogP contribution in [0, 0.1) is 0 Å². The highest BCUT2D eigenvalue weighted by atomic mass is 35.5. The predicted molar refractivity (Wildman–Crippen MR) is 127 cm³/mol. The molecule has 3 aromatic rings. The number of anilines is 1. The fraction of sp³-hybridized carbons (Fsp3) is 0.308. The minimum absolute atomic E-state index is 0.590. The van der Waals surface area contributed by atoms with E-state index < -0.39 is 0 Å². The van der Waals surface area contributed by atoms with Crippen LogP contribution in [0.3, 0.4) is 0 Å². The molecule has 31 heavy (non-hydrogen) atoms. The van der Waals surface area contributed by atoms with Gasteiger partial charge in [-0.1, -0.05) is 54.1 Å². The van der Waals surface area contributed by atoms with Crippen molar-refractivity contribution in [3.8, 4) is 22.6 Å². The molecule has 0 amide bonds. The van der Waals surface area contributed by atoms with Gasteiger partial charge in [0.2, 0.25) is 0 Å². The number of benzene rings is 3. The Hall–Kier alpha value is -2.69. The molecule has 2 aliphatic heterocycles. The smallest absolute Gasteiger partial charge is 0.169 e. The number of ether oxygens (including phenoxy) is 2. The second-order valence-corrected chi connectivity index (χ2v) is 8.51. The van der Waals surface area contributed by atoms with E-state index in [1.165, 1.54) is 22.3 Å². The first-order valence-corrected chi connectivity index (χ1v) is 11.2. The summed E-state index contributed by atoms with van der Waals surface area (Å²) in [7, 11) is 1.71. The summed E-state index contributed by atoms with van der Waals surface area (Å²) in [5.41, 5.74) is 6.15. The van der Waals surface area contributed by atoms with Crippen molar-refractivity contribution in [1.82, 2.24) is 4.90 Å². The van der Waals surface area contributed by atoms with Crippen molar-refractivity contribution in [2.24, 2.45) is 0 Å². The fourth-order valence-corrected chi connectivity index (χ4v) is 4.91. The van der Waals surface area contributed by atoms with Gasteiger partial charge in [0.05, 0.1) is 17.8 Å². The first-order valence-electron chi connectivity index (χ1n) is 10.9. The molecular weight excluding hydrogens is 408 g/mol. The Labute approximate surface area is 189 Å². The van der Waals surface area contributed by atoms with Gasteiger partial charge >= 0.3 is 0 Å². The Bertz CT molecular complexity index is 1080. The van der Waals surface area contributed by atoms with Crippen molar-refractivity contribution in [2.45, 2.75) is 13.0 Å². The number of fused-ring (bicyclic) bond motifs is 3. The van der Waals surface area contributed by atoms with Crippen LogP contribution in [0.4, 0.5) is 5.69 Å². The van der Waals surface area contributed by atoms with E-state index in [1.807, 2.05) is 18.2 Å². The van der Waals surface area contributed by atoms with Crippen LogP contribution in [0.5, 0.6) is 11.5 Å². The normalized spacial score (nSPS) is 15.7. The van der Waals surface area contributed by atoms with Crippen molar-refractivity contribution >= 4 is 17.3 Å². The third-order valence-corrected chi connectivity index (χ3v) is 6.67. The second-order valence-electron chi connectivity index (χ2n) is 8.11. The molecule has 4 nitrogen and oxygen atoms in total. The largest absolute Gasteiger partial charge is 0.493 e. The van der Waals surface area contributed by atoms with Gasteiger partial charge in [-0.3, -0.25) is 4.90 Å². The van der Waals surface area contributed by atoms with Crippen LogP contribution >= 0.6 is 11.6 Å². The molecule has 0 aromatic heterocycles. The van der Waals surface area contributed by atoms with E-state index in [0.717, 1.165) is 61.4 Å². The van der Waals surface area contributed by atoms with Crippen LogP contribution < -0.4 is 14.4 Å². The Balaban J connectivity index is 1.31. The minimum Gasteiger partial charge on any atom is -0.493 e. The highest BCUT2D eigenvalue weighted by Gasteiger charge is 2.25. The lowest BCUT2D eigenvalue weighted by Crippen LogP contribution is -2.47. The van der Waals surface area contributed by atoms with E-state index in [0.29, 0.717) is 6.61 Å². The summed E-state index contributed by atoms with van der Waals surface area (Å²) in [6.07, 6.45) is 0.982. The molecule has 0 unspecified atom stereocenters. The maximum Gasteiger partial charge on any atom is 0.169 e. The van der Waals surface area contributed by atoms with Gasteiger partial charge in [0, 0.05) is 38.3 Å². The molecule has 0 aliphatic carbocycles. The molecule has 0 spiro atoms. The van der Waals surface area contributed by atoms with Gasteiger partial charge in [0.25, 0.3) is 0 Å². The molecule has 2 aliphatic rings. The average molecular weight is 435 g/mol. The van der Waals surface area contributed by atoms with Gasteiger partial charge in [-0.05, 0) is 41.3 Å². The molecule has 5 rings (SSSR count). The van der Waals surface area contributed by atoms with E-state index in [4.69, 9.17) is 21.1 Å². The summed E-state index contributed by atoms with van der Waals surface area (Å²) in [6.45, 7) is 5.68. The lowest BCUT2D eigenvalue weighted by Gasteiger charge is -2.36. The molecule has 0 bridgehead atoms. The van der Waals surface area contributed by atoms with Gasteiger partial charge < -0.3 is 14.4 Å². The van der Waals surface area contributed by atoms with E-state index in [-0.39, 0.29) is 0 Å². The maximum atomic E-state index is 6.39. The molecule has 3 aromatic carbocycles. The van der Waals surface area contributed by atoms with Crippen LogP contribution in [0.2, 0.25) is 5.02 Å². The van der Waals surface area contributed by atoms with Gasteiger partial charge in [-0.2, -0.15) is 0 Å². The number of methoxy groups -OCH3 is 1. The van der Waals surface area contributed by atoms with Gasteiger partial charge in [-0.25, -0.2) is 0 Å². The van der Waals surface area contributed by atoms with Crippen LogP contribution in [0.1, 0.15) is 11.1 Å². The van der Waals surface area contributed by atoms with E-state index in [1.54, 1.807) is 7.11 Å². The van der Waals surface area contributed by atoms with Crippen molar-refractivity contribution in [2.75, 3.05) is 44.7 Å². The SMILES string of the molecule is COc1ccc(CCN2CCN(c3ccccc3Cl)CC2)c2c1OCc1ccccc1-2. The van der Waals surface area contributed by atoms with Crippen LogP contribution in [-0.2, 0) is 13.0 Å². The third kappa shape index (κ3) is 3.98. The molecule has 5 heteroatoms. The molecule has 1 fully saturated rings. The Kier molecular flexibility index (Phi) is 5.75. The summed E-state index contributed by atoms with van der Waals surface area (Å²) >= 11 is 6.39. The first kappa shape index (κ1) is 20.2. The fourth-order valence-electron chi connectivity index (χ4n) is 4.65. The molecule has 0 saturated carbocycles. The predicted octanol–water partition coefficient (Wildman–Crippen LogP) is 5.27. The monoisotopic (exact) mass is 434 g/mol. The zero-order valence-corrected chi connectivity index (χ0v) is 18.6. The quantitative estimate of drug-likeness (QED) is 0.546. The van der Waals surface area contributed by atoms with Crippen LogP contribution in [0.15, 0.2) is 60.7 Å². The summed E-state index contributed by atoms with van der Waals surface area (Å²) in [6, 6.07) is 20.9. The second kappa shape index (κ2) is 8.81. The maximum absolute atomic E-state index is 6.39.